The molecule has 2 rings (SSSR count). The summed E-state index contributed by atoms with van der Waals surface area (Å²) in [4.78, 5) is 14.6. The summed E-state index contributed by atoms with van der Waals surface area (Å²) in [5, 5.41) is 12.7. The molecule has 2 N–H and O–H groups in total. The molecule has 0 saturated carbocycles. The molecule has 1 heterocycles. The third kappa shape index (κ3) is 2.62. The largest absolute Gasteiger partial charge is 0.478 e. The van der Waals surface area contributed by atoms with Gasteiger partial charge in [0.15, 0.2) is 0 Å². The fourth-order valence-corrected chi connectivity index (χ4v) is 2.90. The van der Waals surface area contributed by atoms with Crippen LogP contribution < -0.4 is 4.72 Å². The summed E-state index contributed by atoms with van der Waals surface area (Å²) in [6.45, 7) is 1.58. The van der Waals surface area contributed by atoms with Crippen molar-refractivity contribution in [3.8, 4) is 0 Å². The summed E-state index contributed by atoms with van der Waals surface area (Å²) < 4.78 is 28.0. The SMILES string of the molecule is Cc1ccc(C(=O)O)cc1S(=O)(=O)Nc1ncnn1C. The zero-order chi connectivity index (χ0) is 14.9. The van der Waals surface area contributed by atoms with Crippen molar-refractivity contribution in [1.29, 1.82) is 0 Å². The number of nitrogens with zero attached hydrogens (tertiary/aromatic N) is 3. The van der Waals surface area contributed by atoms with Gasteiger partial charge in [0.25, 0.3) is 10.0 Å². The second-order valence-electron chi connectivity index (χ2n) is 4.10. The minimum Gasteiger partial charge on any atom is -0.478 e. The Morgan fingerprint density at radius 1 is 1.40 bits per heavy atom. The average molecular weight is 296 g/mol. The summed E-state index contributed by atoms with van der Waals surface area (Å²) in [5.74, 6) is -1.15. The van der Waals surface area contributed by atoms with Crippen LogP contribution in [0.25, 0.3) is 0 Å². The van der Waals surface area contributed by atoms with Gasteiger partial charge >= 0.3 is 5.97 Å². The van der Waals surface area contributed by atoms with Gasteiger partial charge in [-0.1, -0.05) is 6.07 Å². The van der Waals surface area contributed by atoms with Crippen LogP contribution in [0.2, 0.25) is 0 Å². The number of aryl methyl sites for hydroxylation is 2. The molecule has 0 spiro atoms. The number of benzene rings is 1. The number of aromatic carboxylic acids is 1. The highest BCUT2D eigenvalue weighted by molar-refractivity contribution is 7.92. The standard InChI is InChI=1S/C11H12N4O4S/c1-7-3-4-8(10(16)17)5-9(7)20(18,19)14-11-12-6-13-15(11)2/h3-6H,1-2H3,(H,16,17)(H,12,13,14). The van der Waals surface area contributed by atoms with Crippen molar-refractivity contribution < 1.29 is 18.3 Å². The van der Waals surface area contributed by atoms with Crippen LogP contribution in [0.15, 0.2) is 29.4 Å². The lowest BCUT2D eigenvalue weighted by Gasteiger charge is -2.10. The van der Waals surface area contributed by atoms with Gasteiger partial charge in [-0.05, 0) is 24.6 Å². The van der Waals surface area contributed by atoms with Gasteiger partial charge in [-0.15, -0.1) is 0 Å². The quantitative estimate of drug-likeness (QED) is 0.855. The smallest absolute Gasteiger partial charge is 0.335 e. The maximum absolute atomic E-state index is 12.3. The van der Waals surface area contributed by atoms with Gasteiger partial charge in [0.2, 0.25) is 5.95 Å². The minimum atomic E-state index is -3.93. The highest BCUT2D eigenvalue weighted by Gasteiger charge is 2.20. The first kappa shape index (κ1) is 14.0. The fraction of sp³-hybridized carbons (Fsp3) is 0.182. The van der Waals surface area contributed by atoms with E-state index in [0.29, 0.717) is 5.56 Å². The Kier molecular flexibility index (Phi) is 3.45. The first-order valence-electron chi connectivity index (χ1n) is 5.52. The van der Waals surface area contributed by atoms with Crippen LogP contribution in [-0.4, -0.2) is 34.3 Å². The lowest BCUT2D eigenvalue weighted by Crippen LogP contribution is -2.17. The number of carboxylic acid groups (broad SMARTS) is 1. The van der Waals surface area contributed by atoms with Crippen molar-refractivity contribution in [3.63, 3.8) is 0 Å². The van der Waals surface area contributed by atoms with E-state index in [2.05, 4.69) is 14.8 Å². The van der Waals surface area contributed by atoms with E-state index in [1.807, 2.05) is 0 Å². The van der Waals surface area contributed by atoms with Crippen LogP contribution in [0.3, 0.4) is 0 Å². The Morgan fingerprint density at radius 2 is 2.10 bits per heavy atom. The second-order valence-corrected chi connectivity index (χ2v) is 5.75. The molecular weight excluding hydrogens is 284 g/mol. The van der Waals surface area contributed by atoms with Crippen LogP contribution >= 0.6 is 0 Å². The molecule has 8 nitrogen and oxygen atoms in total. The predicted molar refractivity (Wildman–Crippen MR) is 69.9 cm³/mol. The number of hydrogen-bond donors (Lipinski definition) is 2. The third-order valence-corrected chi connectivity index (χ3v) is 4.13. The molecule has 0 fully saturated rings. The van der Waals surface area contributed by atoms with Crippen molar-refractivity contribution in [1.82, 2.24) is 14.8 Å². The van der Waals surface area contributed by atoms with Crippen LogP contribution in [-0.2, 0) is 17.1 Å². The summed E-state index contributed by atoms with van der Waals surface area (Å²) >= 11 is 0. The molecule has 0 aliphatic heterocycles. The third-order valence-electron chi connectivity index (χ3n) is 2.66. The first-order valence-corrected chi connectivity index (χ1v) is 7.00. The molecule has 0 amide bonds. The van der Waals surface area contributed by atoms with Crippen molar-refractivity contribution in [3.05, 3.63) is 35.7 Å². The Morgan fingerprint density at radius 3 is 2.65 bits per heavy atom. The number of nitrogens with one attached hydrogen (secondary N) is 1. The van der Waals surface area contributed by atoms with Gasteiger partial charge in [-0.25, -0.2) is 22.6 Å². The molecule has 9 heteroatoms. The number of sulfonamides is 1. The van der Waals surface area contributed by atoms with E-state index >= 15 is 0 Å². The minimum absolute atomic E-state index is 0.0464. The van der Waals surface area contributed by atoms with Gasteiger partial charge in [0, 0.05) is 7.05 Å². The Hall–Kier alpha value is -2.42. The number of anilines is 1. The van der Waals surface area contributed by atoms with Crippen LogP contribution in [0.1, 0.15) is 15.9 Å². The molecule has 106 valence electrons. The van der Waals surface area contributed by atoms with Gasteiger partial charge in [-0.2, -0.15) is 10.1 Å². The van der Waals surface area contributed by atoms with Gasteiger partial charge in [0.05, 0.1) is 10.5 Å². The summed E-state index contributed by atoms with van der Waals surface area (Å²) in [7, 11) is -2.40. The van der Waals surface area contributed by atoms with Crippen LogP contribution in [0, 0.1) is 6.92 Å². The monoisotopic (exact) mass is 296 g/mol. The van der Waals surface area contributed by atoms with Crippen molar-refractivity contribution in [2.45, 2.75) is 11.8 Å². The molecule has 0 bridgehead atoms. The number of aromatic nitrogens is 3. The van der Waals surface area contributed by atoms with E-state index in [9.17, 15) is 13.2 Å². The van der Waals surface area contributed by atoms with E-state index in [-0.39, 0.29) is 16.4 Å². The highest BCUT2D eigenvalue weighted by atomic mass is 32.2. The van der Waals surface area contributed by atoms with E-state index < -0.39 is 16.0 Å². The highest BCUT2D eigenvalue weighted by Crippen LogP contribution is 2.19. The van der Waals surface area contributed by atoms with E-state index in [4.69, 9.17) is 5.11 Å². The van der Waals surface area contributed by atoms with Crippen molar-refractivity contribution in [2.75, 3.05) is 4.72 Å². The zero-order valence-corrected chi connectivity index (χ0v) is 11.5. The number of carbonyl (C=O) groups is 1. The van der Waals surface area contributed by atoms with Crippen molar-refractivity contribution >= 4 is 21.9 Å². The summed E-state index contributed by atoms with van der Waals surface area (Å²) in [6, 6.07) is 3.89. The summed E-state index contributed by atoms with van der Waals surface area (Å²) in [5.41, 5.74) is 0.332. The molecule has 0 atom stereocenters. The Bertz CT molecular complexity index is 766. The molecule has 0 saturated heterocycles. The molecular formula is C11H12N4O4S. The Labute approximate surface area is 115 Å². The van der Waals surface area contributed by atoms with E-state index in [1.165, 1.54) is 30.2 Å². The molecule has 0 aliphatic rings. The Balaban J connectivity index is 2.46. The number of rotatable bonds is 4. The van der Waals surface area contributed by atoms with Crippen molar-refractivity contribution in [2.24, 2.45) is 7.05 Å². The van der Waals surface area contributed by atoms with Crippen LogP contribution in [0.5, 0.6) is 0 Å². The second kappa shape index (κ2) is 4.93. The molecule has 0 radical (unpaired) electrons. The first-order chi connectivity index (χ1) is 9.31. The molecule has 0 unspecified atom stereocenters. The molecule has 1 aromatic heterocycles. The van der Waals surface area contributed by atoms with Gasteiger partial charge in [-0.3, -0.25) is 0 Å². The van der Waals surface area contributed by atoms with Gasteiger partial charge < -0.3 is 5.11 Å². The fourth-order valence-electron chi connectivity index (χ4n) is 1.59. The van der Waals surface area contributed by atoms with E-state index in [0.717, 1.165) is 6.07 Å². The lowest BCUT2D eigenvalue weighted by molar-refractivity contribution is 0.0696. The molecule has 20 heavy (non-hydrogen) atoms. The molecule has 2 aromatic rings. The topological polar surface area (TPSA) is 114 Å². The predicted octanol–water partition coefficient (Wildman–Crippen LogP) is 0.623. The number of hydrogen-bond acceptors (Lipinski definition) is 5. The maximum atomic E-state index is 12.3. The molecule has 0 aliphatic carbocycles. The zero-order valence-electron chi connectivity index (χ0n) is 10.7. The number of carboxylic acids is 1. The summed E-state index contributed by atoms with van der Waals surface area (Å²) in [6.07, 6.45) is 1.21. The van der Waals surface area contributed by atoms with Gasteiger partial charge in [0.1, 0.15) is 6.33 Å². The maximum Gasteiger partial charge on any atom is 0.335 e. The lowest BCUT2D eigenvalue weighted by atomic mass is 10.1. The average Bonchev–Trinajstić information content (AvgIpc) is 2.74. The van der Waals surface area contributed by atoms with Crippen LogP contribution in [0.4, 0.5) is 5.95 Å². The molecule has 1 aromatic carbocycles. The normalized spacial score (nSPS) is 11.3. The van der Waals surface area contributed by atoms with E-state index in [1.54, 1.807) is 6.92 Å².